The zero-order chi connectivity index (χ0) is 13.3. The summed E-state index contributed by atoms with van der Waals surface area (Å²) in [6.07, 6.45) is 3.05. The van der Waals surface area contributed by atoms with Crippen molar-refractivity contribution >= 4 is 17.8 Å². The third-order valence-corrected chi connectivity index (χ3v) is 5.64. The molecular formula is C15H23BOS. The highest BCUT2D eigenvalue weighted by Gasteiger charge is 2.51. The smallest absolute Gasteiger partial charge is 0.374 e. The van der Waals surface area contributed by atoms with Crippen LogP contribution in [0.4, 0.5) is 0 Å². The third kappa shape index (κ3) is 2.62. The second-order valence-corrected chi connectivity index (χ2v) is 7.00. The zero-order valence-corrected chi connectivity index (χ0v) is 12.9. The normalized spacial score (nSPS) is 21.8. The molecule has 98 valence electrons. The third-order valence-electron chi connectivity index (χ3n) is 3.99. The van der Waals surface area contributed by atoms with Gasteiger partial charge in [-0.2, -0.15) is 0 Å². The first-order valence-electron chi connectivity index (χ1n) is 6.86. The van der Waals surface area contributed by atoms with Crippen LogP contribution in [0.2, 0.25) is 5.31 Å². The van der Waals surface area contributed by atoms with Gasteiger partial charge in [0.25, 0.3) is 0 Å². The molecule has 1 heterocycles. The van der Waals surface area contributed by atoms with E-state index < -0.39 is 0 Å². The monoisotopic (exact) mass is 262 g/mol. The standard InChI is InChI=1S/C15H23BOS/c1-6-7-13-8-9-14(11(2)10-13)18-16-15(4,5)12(3)17-16/h8-10,12H,6-7H2,1-5H3. The van der Waals surface area contributed by atoms with Gasteiger partial charge in [0.05, 0.1) is 0 Å². The average Bonchev–Trinajstić information content (AvgIpc) is 2.32. The zero-order valence-electron chi connectivity index (χ0n) is 12.1. The minimum atomic E-state index is 0.277. The van der Waals surface area contributed by atoms with E-state index in [9.17, 15) is 0 Å². The molecule has 1 atom stereocenters. The molecule has 1 nitrogen and oxygen atoms in total. The molecule has 18 heavy (non-hydrogen) atoms. The Labute approximate surface area is 116 Å². The molecule has 0 spiro atoms. The summed E-state index contributed by atoms with van der Waals surface area (Å²) in [5, 5.41) is 0.277. The molecule has 0 saturated carbocycles. The van der Waals surface area contributed by atoms with Gasteiger partial charge in [0.15, 0.2) is 0 Å². The maximum atomic E-state index is 5.85. The van der Waals surface area contributed by atoms with Gasteiger partial charge in [-0.3, -0.25) is 0 Å². The molecule has 1 aliphatic rings. The van der Waals surface area contributed by atoms with Crippen LogP contribution in [0.3, 0.4) is 0 Å². The first kappa shape index (κ1) is 14.0. The molecule has 1 aromatic carbocycles. The second kappa shape index (κ2) is 5.30. The fraction of sp³-hybridized carbons (Fsp3) is 0.600. The largest absolute Gasteiger partial charge is 0.423 e. The topological polar surface area (TPSA) is 9.23 Å². The van der Waals surface area contributed by atoms with E-state index in [1.807, 2.05) is 11.6 Å². The Balaban J connectivity index is 2.07. The summed E-state index contributed by atoms with van der Waals surface area (Å²) in [4.78, 5) is 1.36. The van der Waals surface area contributed by atoms with Crippen molar-refractivity contribution in [3.05, 3.63) is 29.3 Å². The van der Waals surface area contributed by atoms with Crippen molar-refractivity contribution in [1.82, 2.24) is 0 Å². The van der Waals surface area contributed by atoms with Gasteiger partial charge in [0, 0.05) is 16.3 Å². The lowest BCUT2D eigenvalue weighted by atomic mass is 9.55. The van der Waals surface area contributed by atoms with E-state index in [1.165, 1.54) is 28.9 Å². The molecular weight excluding hydrogens is 239 g/mol. The Morgan fingerprint density at radius 2 is 2.11 bits per heavy atom. The molecule has 2 rings (SSSR count). The molecule has 1 fully saturated rings. The molecule has 1 aromatic rings. The van der Waals surface area contributed by atoms with Gasteiger partial charge in [-0.05, 0) is 37.5 Å². The maximum Gasteiger partial charge on any atom is 0.374 e. The van der Waals surface area contributed by atoms with Crippen molar-refractivity contribution in [2.75, 3.05) is 0 Å². The highest BCUT2D eigenvalue weighted by Crippen LogP contribution is 2.51. The van der Waals surface area contributed by atoms with Crippen LogP contribution in [0.5, 0.6) is 0 Å². The molecule has 0 radical (unpaired) electrons. The van der Waals surface area contributed by atoms with Gasteiger partial charge in [-0.15, -0.1) is 11.6 Å². The van der Waals surface area contributed by atoms with E-state index >= 15 is 0 Å². The average molecular weight is 262 g/mol. The van der Waals surface area contributed by atoms with E-state index in [1.54, 1.807) is 0 Å². The van der Waals surface area contributed by atoms with Gasteiger partial charge < -0.3 is 4.65 Å². The van der Waals surface area contributed by atoms with Crippen LogP contribution in [-0.4, -0.2) is 12.3 Å². The summed E-state index contributed by atoms with van der Waals surface area (Å²) < 4.78 is 5.85. The van der Waals surface area contributed by atoms with E-state index in [-0.39, 0.29) is 5.31 Å². The van der Waals surface area contributed by atoms with Crippen LogP contribution in [0, 0.1) is 6.92 Å². The molecule has 0 aromatic heterocycles. The van der Waals surface area contributed by atoms with Gasteiger partial charge in [-0.25, -0.2) is 0 Å². The number of aryl methyl sites for hydroxylation is 2. The van der Waals surface area contributed by atoms with Crippen molar-refractivity contribution in [1.29, 1.82) is 0 Å². The highest BCUT2D eigenvalue weighted by molar-refractivity contribution is 8.25. The molecule has 3 heteroatoms. The minimum absolute atomic E-state index is 0.277. The molecule has 1 saturated heterocycles. The molecule has 0 amide bonds. The molecule has 1 unspecified atom stereocenters. The number of rotatable bonds is 4. The number of hydrogen-bond donors (Lipinski definition) is 0. The molecule has 1 aliphatic heterocycles. The Morgan fingerprint density at radius 3 is 2.61 bits per heavy atom. The summed E-state index contributed by atoms with van der Waals surface area (Å²) in [6.45, 7) is 11.2. The molecule has 0 bridgehead atoms. The van der Waals surface area contributed by atoms with Crippen molar-refractivity contribution in [2.24, 2.45) is 0 Å². The fourth-order valence-electron chi connectivity index (χ4n) is 2.24. The maximum absolute atomic E-state index is 5.85. The van der Waals surface area contributed by atoms with Gasteiger partial charge in [0.1, 0.15) is 0 Å². The summed E-state index contributed by atoms with van der Waals surface area (Å²) in [7, 11) is 0. The summed E-state index contributed by atoms with van der Waals surface area (Å²) in [6, 6.07) is 6.84. The Hall–Kier alpha value is -0.405. The second-order valence-electron chi connectivity index (χ2n) is 5.90. The Morgan fingerprint density at radius 1 is 1.39 bits per heavy atom. The minimum Gasteiger partial charge on any atom is -0.423 e. The number of hydrogen-bond acceptors (Lipinski definition) is 2. The summed E-state index contributed by atoms with van der Waals surface area (Å²) in [5.74, 6) is 0. The van der Waals surface area contributed by atoms with Gasteiger partial charge in [0.2, 0.25) is 0 Å². The van der Waals surface area contributed by atoms with E-state index in [0.717, 1.165) is 0 Å². The quantitative estimate of drug-likeness (QED) is 0.725. The summed E-state index contributed by atoms with van der Waals surface area (Å²) in [5.41, 5.74) is 2.83. The molecule has 0 N–H and O–H groups in total. The van der Waals surface area contributed by atoms with Crippen LogP contribution >= 0.6 is 11.6 Å². The fourth-order valence-corrected chi connectivity index (χ4v) is 3.58. The Bertz CT molecular complexity index is 431. The summed E-state index contributed by atoms with van der Waals surface area (Å²) >= 11 is 1.87. The number of benzene rings is 1. The van der Waals surface area contributed by atoms with E-state index in [4.69, 9.17) is 4.65 Å². The van der Waals surface area contributed by atoms with E-state index in [0.29, 0.717) is 12.3 Å². The van der Waals surface area contributed by atoms with Crippen LogP contribution in [0.25, 0.3) is 0 Å². The lowest BCUT2D eigenvalue weighted by molar-refractivity contribution is 0.0995. The highest BCUT2D eigenvalue weighted by atomic mass is 32.2. The van der Waals surface area contributed by atoms with Gasteiger partial charge in [-0.1, -0.05) is 39.3 Å². The van der Waals surface area contributed by atoms with E-state index in [2.05, 4.69) is 52.8 Å². The van der Waals surface area contributed by atoms with Crippen LogP contribution in [0.15, 0.2) is 23.1 Å². The SMILES string of the molecule is CCCc1ccc(SB2OC(C)C2(C)C)c(C)c1. The van der Waals surface area contributed by atoms with Gasteiger partial charge >= 0.3 is 6.19 Å². The Kier molecular flexibility index (Phi) is 4.13. The van der Waals surface area contributed by atoms with Crippen molar-refractivity contribution in [2.45, 2.75) is 63.8 Å². The van der Waals surface area contributed by atoms with Crippen molar-refractivity contribution in [3.8, 4) is 0 Å². The first-order valence-corrected chi connectivity index (χ1v) is 7.74. The van der Waals surface area contributed by atoms with Crippen LogP contribution < -0.4 is 0 Å². The first-order chi connectivity index (χ1) is 8.45. The predicted molar refractivity (Wildman–Crippen MR) is 81.4 cm³/mol. The van der Waals surface area contributed by atoms with Crippen molar-refractivity contribution in [3.63, 3.8) is 0 Å². The van der Waals surface area contributed by atoms with Crippen LogP contribution in [0.1, 0.15) is 45.2 Å². The van der Waals surface area contributed by atoms with Crippen LogP contribution in [-0.2, 0) is 11.1 Å². The van der Waals surface area contributed by atoms with Crippen molar-refractivity contribution < 1.29 is 4.65 Å². The predicted octanol–water partition coefficient (Wildman–Crippen LogP) is 4.73. The lowest BCUT2D eigenvalue weighted by Crippen LogP contribution is -2.51. The molecule has 0 aliphatic carbocycles. The lowest BCUT2D eigenvalue weighted by Gasteiger charge is -2.47.